The molecule has 1 saturated heterocycles. The van der Waals surface area contributed by atoms with Gasteiger partial charge in [-0.15, -0.1) is 18.2 Å². The number of carbonyl (C=O) groups excluding carboxylic acids is 3. The molecule has 0 radical (unpaired) electrons. The average molecular weight is 622 g/mol. The monoisotopic (exact) mass is 621 g/mol. The first-order chi connectivity index (χ1) is 20.7. The normalized spacial score (nSPS) is 16.0. The van der Waals surface area contributed by atoms with Gasteiger partial charge in [0, 0.05) is 18.7 Å². The summed E-state index contributed by atoms with van der Waals surface area (Å²) in [6.45, 7) is 2.92. The van der Waals surface area contributed by atoms with Gasteiger partial charge in [0.2, 0.25) is 17.7 Å². The lowest BCUT2D eigenvalue weighted by Gasteiger charge is -2.25. The van der Waals surface area contributed by atoms with Crippen LogP contribution in [0.25, 0.3) is 0 Å². The van der Waals surface area contributed by atoms with Crippen LogP contribution in [0.15, 0.2) is 60.7 Å². The molecule has 43 heavy (non-hydrogen) atoms. The Morgan fingerprint density at radius 1 is 1.09 bits per heavy atom. The molecule has 1 fully saturated rings. The van der Waals surface area contributed by atoms with Gasteiger partial charge in [0.25, 0.3) is 0 Å². The molecule has 4 rings (SSSR count). The van der Waals surface area contributed by atoms with E-state index in [-0.39, 0.29) is 35.4 Å². The third-order valence-electron chi connectivity index (χ3n) is 6.66. The molecule has 3 N–H and O–H groups in total. The minimum absolute atomic E-state index is 0.0249. The number of carbonyl (C=O) groups is 3. The largest absolute Gasteiger partial charge is 0.493 e. The highest BCUT2D eigenvalue weighted by molar-refractivity contribution is 8.01. The predicted octanol–water partition coefficient (Wildman–Crippen LogP) is 4.75. The number of ether oxygens (including phenoxy) is 3. The maximum atomic E-state index is 13.8. The van der Waals surface area contributed by atoms with E-state index < -0.39 is 16.5 Å². The summed E-state index contributed by atoms with van der Waals surface area (Å²) in [5, 5.41) is 1.96. The number of benzene rings is 3. The van der Waals surface area contributed by atoms with Gasteiger partial charge >= 0.3 is 0 Å². The molecule has 11 heteroatoms. The fourth-order valence-electron chi connectivity index (χ4n) is 4.61. The van der Waals surface area contributed by atoms with Gasteiger partial charge < -0.3 is 25.3 Å². The van der Waals surface area contributed by atoms with Gasteiger partial charge in [-0.05, 0) is 66.9 Å². The first-order valence-electron chi connectivity index (χ1n) is 13.6. The Hall–Kier alpha value is -4.33. The van der Waals surface area contributed by atoms with Crippen molar-refractivity contribution in [2.75, 3.05) is 31.8 Å². The number of rotatable bonds is 13. The highest BCUT2D eigenvalue weighted by atomic mass is 35.5. The minimum atomic E-state index is -0.709. The average Bonchev–Trinajstić information content (AvgIpc) is 3.32. The van der Waals surface area contributed by atoms with Crippen molar-refractivity contribution in [1.82, 2.24) is 5.32 Å². The van der Waals surface area contributed by atoms with Crippen molar-refractivity contribution in [2.45, 2.75) is 30.4 Å². The van der Waals surface area contributed by atoms with Crippen LogP contribution in [0.2, 0.25) is 5.02 Å². The molecule has 3 aromatic rings. The van der Waals surface area contributed by atoms with E-state index in [4.69, 9.17) is 38.0 Å². The summed E-state index contributed by atoms with van der Waals surface area (Å²) < 4.78 is 16.4. The van der Waals surface area contributed by atoms with Crippen molar-refractivity contribution >= 4 is 46.8 Å². The lowest BCUT2D eigenvalue weighted by Crippen LogP contribution is -2.34. The Balaban J connectivity index is 1.49. The van der Waals surface area contributed by atoms with Gasteiger partial charge in [-0.3, -0.25) is 19.3 Å². The Kier molecular flexibility index (Phi) is 10.8. The van der Waals surface area contributed by atoms with Gasteiger partial charge in [0.15, 0.2) is 11.5 Å². The number of terminal acetylenes is 1. The number of primary amides is 1. The number of halogens is 1. The Morgan fingerprint density at radius 2 is 1.86 bits per heavy atom. The zero-order valence-electron chi connectivity index (χ0n) is 23.8. The molecule has 1 aliphatic rings. The molecular formula is C32H32ClN3O6S. The van der Waals surface area contributed by atoms with Crippen LogP contribution in [-0.4, -0.2) is 49.8 Å². The SMILES string of the molecule is C#CCOc1ccc(C2SC(CC(=O)NCCc3ccc(OC)c(OCC)c3)C(=O)N2c2ccc(Cl)c(C(N)=O)c2)cc1. The number of anilines is 1. The van der Waals surface area contributed by atoms with E-state index in [0.29, 0.717) is 42.5 Å². The highest BCUT2D eigenvalue weighted by Crippen LogP contribution is 2.47. The Morgan fingerprint density at radius 3 is 2.53 bits per heavy atom. The maximum absolute atomic E-state index is 13.8. The van der Waals surface area contributed by atoms with Crippen LogP contribution >= 0.6 is 23.4 Å². The van der Waals surface area contributed by atoms with E-state index in [1.54, 1.807) is 30.2 Å². The van der Waals surface area contributed by atoms with E-state index in [0.717, 1.165) is 11.1 Å². The number of methoxy groups -OCH3 is 1. The Labute approximate surface area is 260 Å². The summed E-state index contributed by atoms with van der Waals surface area (Å²) in [4.78, 5) is 40.3. The molecular weight excluding hydrogens is 590 g/mol. The standard InChI is InChI=1S/C32H32ClN3O6S/c1-4-16-42-23-10-7-21(8-11-23)32-36(22-9-12-25(33)24(18-22)30(34)38)31(39)28(43-32)19-29(37)35-15-14-20-6-13-26(40-3)27(17-20)41-5-2/h1,6-13,17-18,28,32H,5,14-16,19H2,2-3H3,(H2,34,38)(H,35,37). The summed E-state index contributed by atoms with van der Waals surface area (Å²) in [6.07, 6.45) is 5.83. The fourth-order valence-corrected chi connectivity index (χ4v) is 6.27. The summed E-state index contributed by atoms with van der Waals surface area (Å²) in [5.41, 5.74) is 7.83. The first kappa shape index (κ1) is 31.6. The second-order valence-electron chi connectivity index (χ2n) is 9.50. The molecule has 0 saturated carbocycles. The van der Waals surface area contributed by atoms with Crippen LogP contribution in [0.1, 0.15) is 40.2 Å². The third kappa shape index (κ3) is 7.74. The van der Waals surface area contributed by atoms with Crippen molar-refractivity contribution < 1.29 is 28.6 Å². The molecule has 0 aromatic heterocycles. The second-order valence-corrected chi connectivity index (χ2v) is 11.2. The number of hydrogen-bond acceptors (Lipinski definition) is 7. The fraction of sp³-hybridized carbons (Fsp3) is 0.281. The molecule has 9 nitrogen and oxygen atoms in total. The van der Waals surface area contributed by atoms with Crippen molar-refractivity contribution in [3.05, 3.63) is 82.4 Å². The maximum Gasteiger partial charge on any atom is 0.250 e. The molecule has 3 amide bonds. The molecule has 0 aliphatic carbocycles. The quantitative estimate of drug-likeness (QED) is 0.264. The highest BCUT2D eigenvalue weighted by Gasteiger charge is 2.43. The van der Waals surface area contributed by atoms with Gasteiger partial charge in [-0.1, -0.05) is 35.7 Å². The van der Waals surface area contributed by atoms with E-state index >= 15 is 0 Å². The number of nitrogens with two attached hydrogens (primary N) is 1. The van der Waals surface area contributed by atoms with Crippen LogP contribution in [0, 0.1) is 12.3 Å². The lowest BCUT2D eigenvalue weighted by molar-refractivity contribution is -0.124. The van der Waals surface area contributed by atoms with Gasteiger partial charge in [0.1, 0.15) is 17.7 Å². The lowest BCUT2D eigenvalue weighted by atomic mass is 10.1. The number of hydrogen-bond donors (Lipinski definition) is 2. The zero-order valence-corrected chi connectivity index (χ0v) is 25.4. The van der Waals surface area contributed by atoms with Crippen LogP contribution < -0.4 is 30.2 Å². The van der Waals surface area contributed by atoms with Crippen LogP contribution in [0.5, 0.6) is 17.2 Å². The van der Waals surface area contributed by atoms with Crippen LogP contribution in [0.3, 0.4) is 0 Å². The van der Waals surface area contributed by atoms with Crippen molar-refractivity contribution in [3.63, 3.8) is 0 Å². The molecule has 2 atom stereocenters. The Bertz CT molecular complexity index is 1520. The number of nitrogens with one attached hydrogen (secondary N) is 1. The molecule has 1 aliphatic heterocycles. The van der Waals surface area contributed by atoms with Gasteiger partial charge in [0.05, 0.1) is 29.6 Å². The van der Waals surface area contributed by atoms with Gasteiger partial charge in [-0.25, -0.2) is 0 Å². The van der Waals surface area contributed by atoms with E-state index in [1.165, 1.54) is 23.9 Å². The molecule has 0 bridgehead atoms. The molecule has 224 valence electrons. The summed E-state index contributed by atoms with van der Waals surface area (Å²) >= 11 is 7.52. The van der Waals surface area contributed by atoms with Crippen molar-refractivity contribution in [1.29, 1.82) is 0 Å². The van der Waals surface area contributed by atoms with Gasteiger partial charge in [-0.2, -0.15) is 0 Å². The molecule has 1 heterocycles. The minimum Gasteiger partial charge on any atom is -0.493 e. The van der Waals surface area contributed by atoms with Crippen LogP contribution in [-0.2, 0) is 16.0 Å². The van der Waals surface area contributed by atoms with Crippen molar-refractivity contribution in [3.8, 4) is 29.6 Å². The third-order valence-corrected chi connectivity index (χ3v) is 8.42. The number of thioether (sulfide) groups is 1. The number of amides is 3. The molecule has 2 unspecified atom stereocenters. The summed E-state index contributed by atoms with van der Waals surface area (Å²) in [5.74, 6) is 3.06. The first-order valence-corrected chi connectivity index (χ1v) is 14.9. The number of nitrogens with zero attached hydrogens (tertiary/aromatic N) is 1. The molecule has 3 aromatic carbocycles. The summed E-state index contributed by atoms with van der Waals surface area (Å²) in [7, 11) is 1.58. The smallest absolute Gasteiger partial charge is 0.250 e. The van der Waals surface area contributed by atoms with E-state index in [9.17, 15) is 14.4 Å². The van der Waals surface area contributed by atoms with E-state index in [2.05, 4.69) is 11.2 Å². The van der Waals surface area contributed by atoms with Crippen LogP contribution in [0.4, 0.5) is 5.69 Å². The zero-order chi connectivity index (χ0) is 30.9. The van der Waals surface area contributed by atoms with E-state index in [1.807, 2.05) is 37.3 Å². The topological polar surface area (TPSA) is 120 Å². The summed E-state index contributed by atoms with van der Waals surface area (Å²) in [6, 6.07) is 17.5. The van der Waals surface area contributed by atoms with Crippen molar-refractivity contribution in [2.24, 2.45) is 5.73 Å². The second kappa shape index (κ2) is 14.7. The molecule has 0 spiro atoms. The predicted molar refractivity (Wildman–Crippen MR) is 168 cm³/mol.